The Kier molecular flexibility index (Phi) is 6.47. The van der Waals surface area contributed by atoms with Crippen LogP contribution >= 0.6 is 0 Å². The van der Waals surface area contributed by atoms with Crippen molar-refractivity contribution in [2.45, 2.75) is 45.4 Å². The second-order valence-electron chi connectivity index (χ2n) is 8.39. The first-order valence-electron chi connectivity index (χ1n) is 11.1. The van der Waals surface area contributed by atoms with Gasteiger partial charge in [0.15, 0.2) is 0 Å². The van der Waals surface area contributed by atoms with E-state index in [1.165, 1.54) is 25.7 Å². The van der Waals surface area contributed by atoms with Crippen molar-refractivity contribution in [3.63, 3.8) is 0 Å². The van der Waals surface area contributed by atoms with Crippen LogP contribution in [0.15, 0.2) is 30.5 Å². The number of nitrogens with zero attached hydrogens (tertiary/aromatic N) is 3. The predicted octanol–water partition coefficient (Wildman–Crippen LogP) is 3.14. The Morgan fingerprint density at radius 1 is 1.07 bits per heavy atom. The van der Waals surface area contributed by atoms with Crippen molar-refractivity contribution in [2.75, 3.05) is 31.5 Å². The maximum atomic E-state index is 12.5. The summed E-state index contributed by atoms with van der Waals surface area (Å²) in [6, 6.07) is 7.39. The summed E-state index contributed by atoms with van der Waals surface area (Å²) in [6.45, 7) is 5.73. The molecule has 0 unspecified atom stereocenters. The lowest BCUT2D eigenvalue weighted by molar-refractivity contribution is -0.117. The lowest BCUT2D eigenvalue weighted by Crippen LogP contribution is -2.35. The van der Waals surface area contributed by atoms with Crippen molar-refractivity contribution < 1.29 is 9.59 Å². The molecule has 2 aromatic rings. The molecule has 1 aromatic heterocycles. The molecule has 2 N–H and O–H groups in total. The summed E-state index contributed by atoms with van der Waals surface area (Å²) in [5, 5.41) is 10.5. The van der Waals surface area contributed by atoms with Gasteiger partial charge in [0.1, 0.15) is 0 Å². The quantitative estimate of drug-likeness (QED) is 0.736. The Hall–Kier alpha value is -2.67. The Labute approximate surface area is 177 Å². The Bertz CT molecular complexity index is 877. The highest BCUT2D eigenvalue weighted by Crippen LogP contribution is 2.30. The van der Waals surface area contributed by atoms with Gasteiger partial charge in [-0.3, -0.25) is 9.59 Å². The number of aromatic nitrogens is 2. The van der Waals surface area contributed by atoms with Crippen molar-refractivity contribution in [1.82, 2.24) is 20.0 Å². The summed E-state index contributed by atoms with van der Waals surface area (Å²) >= 11 is 0. The molecule has 7 heteroatoms. The van der Waals surface area contributed by atoms with Gasteiger partial charge < -0.3 is 15.5 Å². The minimum Gasteiger partial charge on any atom is -0.351 e. The SMILES string of the molecule is Cc1nn(-c2ccc(C(=O)NCCN3CCCCCC3)cc2)cc1NC(=O)C1CC1. The number of carbonyl (C=O) groups excluding carboxylic acids is 2. The van der Waals surface area contributed by atoms with Crippen LogP contribution in [0.1, 0.15) is 54.6 Å². The van der Waals surface area contributed by atoms with Crippen LogP contribution in [0.4, 0.5) is 5.69 Å². The molecule has 4 rings (SSSR count). The van der Waals surface area contributed by atoms with E-state index < -0.39 is 0 Å². The van der Waals surface area contributed by atoms with Gasteiger partial charge in [0, 0.05) is 24.6 Å². The van der Waals surface area contributed by atoms with Crippen molar-refractivity contribution in [3.05, 3.63) is 41.7 Å². The van der Waals surface area contributed by atoms with Gasteiger partial charge in [0.2, 0.25) is 5.91 Å². The molecule has 1 aliphatic carbocycles. The van der Waals surface area contributed by atoms with Gasteiger partial charge in [-0.2, -0.15) is 5.10 Å². The van der Waals surface area contributed by atoms with Gasteiger partial charge in [-0.05, 0) is 70.0 Å². The van der Waals surface area contributed by atoms with E-state index in [2.05, 4.69) is 20.6 Å². The third kappa shape index (κ3) is 5.27. The van der Waals surface area contributed by atoms with Crippen molar-refractivity contribution >= 4 is 17.5 Å². The molecule has 30 heavy (non-hydrogen) atoms. The molecule has 2 amide bonds. The van der Waals surface area contributed by atoms with Crippen LogP contribution in [0.2, 0.25) is 0 Å². The van der Waals surface area contributed by atoms with Crippen LogP contribution < -0.4 is 10.6 Å². The largest absolute Gasteiger partial charge is 0.351 e. The van der Waals surface area contributed by atoms with E-state index >= 15 is 0 Å². The molecule has 1 saturated carbocycles. The fourth-order valence-corrected chi connectivity index (χ4v) is 3.85. The summed E-state index contributed by atoms with van der Waals surface area (Å²) in [5.41, 5.74) is 3.01. The summed E-state index contributed by atoms with van der Waals surface area (Å²) in [4.78, 5) is 26.9. The third-order valence-corrected chi connectivity index (χ3v) is 5.91. The van der Waals surface area contributed by atoms with Gasteiger partial charge in [0.25, 0.3) is 5.91 Å². The molecule has 1 saturated heterocycles. The molecular formula is C23H31N5O2. The average Bonchev–Trinajstić information content (AvgIpc) is 3.57. The van der Waals surface area contributed by atoms with Gasteiger partial charge in [-0.15, -0.1) is 0 Å². The van der Waals surface area contributed by atoms with Crippen molar-refractivity contribution in [3.8, 4) is 5.69 Å². The van der Waals surface area contributed by atoms with E-state index in [9.17, 15) is 9.59 Å². The minimum absolute atomic E-state index is 0.0506. The lowest BCUT2D eigenvalue weighted by atomic mass is 10.2. The number of anilines is 1. The third-order valence-electron chi connectivity index (χ3n) is 5.91. The topological polar surface area (TPSA) is 79.3 Å². The zero-order chi connectivity index (χ0) is 20.9. The number of hydrogen-bond donors (Lipinski definition) is 2. The molecular weight excluding hydrogens is 378 g/mol. The van der Waals surface area contributed by atoms with Crippen molar-refractivity contribution in [1.29, 1.82) is 0 Å². The van der Waals surface area contributed by atoms with Gasteiger partial charge in [-0.1, -0.05) is 12.8 Å². The maximum Gasteiger partial charge on any atom is 0.251 e. The first-order chi connectivity index (χ1) is 14.6. The Morgan fingerprint density at radius 2 is 1.77 bits per heavy atom. The number of likely N-dealkylation sites (tertiary alicyclic amines) is 1. The van der Waals surface area contributed by atoms with E-state index in [0.717, 1.165) is 49.5 Å². The highest BCUT2D eigenvalue weighted by atomic mass is 16.2. The number of aryl methyl sites for hydroxylation is 1. The van der Waals surface area contributed by atoms with E-state index in [-0.39, 0.29) is 17.7 Å². The Balaban J connectivity index is 1.31. The molecule has 0 spiro atoms. The molecule has 2 heterocycles. The highest BCUT2D eigenvalue weighted by molar-refractivity contribution is 5.95. The normalized spacial score (nSPS) is 17.4. The fraction of sp³-hybridized carbons (Fsp3) is 0.522. The van der Waals surface area contributed by atoms with Gasteiger partial charge in [0.05, 0.1) is 23.3 Å². The van der Waals surface area contributed by atoms with E-state index in [4.69, 9.17) is 0 Å². The molecule has 2 fully saturated rings. The number of nitrogens with one attached hydrogen (secondary N) is 2. The van der Waals surface area contributed by atoms with Crippen LogP contribution in [0.3, 0.4) is 0 Å². The second kappa shape index (κ2) is 9.43. The minimum atomic E-state index is -0.0506. The van der Waals surface area contributed by atoms with Crippen LogP contribution in [0.5, 0.6) is 0 Å². The van der Waals surface area contributed by atoms with Crippen LogP contribution in [-0.2, 0) is 4.79 Å². The highest BCUT2D eigenvalue weighted by Gasteiger charge is 2.30. The molecule has 2 aliphatic rings. The molecule has 160 valence electrons. The van der Waals surface area contributed by atoms with Gasteiger partial charge in [-0.25, -0.2) is 4.68 Å². The molecule has 0 bridgehead atoms. The Morgan fingerprint density at radius 3 is 2.43 bits per heavy atom. The van der Waals surface area contributed by atoms with Crippen LogP contribution in [0, 0.1) is 12.8 Å². The average molecular weight is 410 g/mol. The predicted molar refractivity (Wildman–Crippen MR) is 117 cm³/mol. The second-order valence-corrected chi connectivity index (χ2v) is 8.39. The standard InChI is InChI=1S/C23H31N5O2/c1-17-21(25-23(30)19-6-7-19)16-28(26-17)20-10-8-18(9-11-20)22(29)24-12-15-27-13-4-2-3-5-14-27/h8-11,16,19H,2-7,12-15H2,1H3,(H,24,29)(H,25,30). The zero-order valence-electron chi connectivity index (χ0n) is 17.7. The molecule has 0 atom stereocenters. The monoisotopic (exact) mass is 409 g/mol. The number of rotatable bonds is 7. The number of benzene rings is 1. The summed E-state index contributed by atoms with van der Waals surface area (Å²) in [7, 11) is 0. The molecule has 1 aliphatic heterocycles. The number of amides is 2. The van der Waals surface area contributed by atoms with E-state index in [1.807, 2.05) is 37.4 Å². The number of carbonyl (C=O) groups is 2. The smallest absolute Gasteiger partial charge is 0.251 e. The zero-order valence-corrected chi connectivity index (χ0v) is 17.7. The summed E-state index contributed by atoms with van der Waals surface area (Å²) in [5.74, 6) is 0.181. The molecule has 0 radical (unpaired) electrons. The van der Waals surface area contributed by atoms with Crippen LogP contribution in [-0.4, -0.2) is 52.7 Å². The molecule has 1 aromatic carbocycles. The van der Waals surface area contributed by atoms with E-state index in [0.29, 0.717) is 12.1 Å². The van der Waals surface area contributed by atoms with Crippen LogP contribution in [0.25, 0.3) is 5.69 Å². The first-order valence-corrected chi connectivity index (χ1v) is 11.1. The lowest BCUT2D eigenvalue weighted by Gasteiger charge is -2.19. The van der Waals surface area contributed by atoms with Gasteiger partial charge >= 0.3 is 0 Å². The van der Waals surface area contributed by atoms with E-state index in [1.54, 1.807) is 4.68 Å². The fourth-order valence-electron chi connectivity index (χ4n) is 3.85. The first kappa shape index (κ1) is 20.6. The molecule has 7 nitrogen and oxygen atoms in total. The summed E-state index contributed by atoms with van der Waals surface area (Å²) in [6.07, 6.45) is 8.92. The summed E-state index contributed by atoms with van der Waals surface area (Å²) < 4.78 is 1.73. The number of hydrogen-bond acceptors (Lipinski definition) is 4. The van der Waals surface area contributed by atoms with Crippen molar-refractivity contribution in [2.24, 2.45) is 5.92 Å². The maximum absolute atomic E-state index is 12.5.